The number of benzene rings is 2. The third-order valence-corrected chi connectivity index (χ3v) is 6.78. The number of aromatic carboxylic acids is 1. The van der Waals surface area contributed by atoms with Gasteiger partial charge in [-0.3, -0.25) is 29.9 Å². The van der Waals surface area contributed by atoms with Gasteiger partial charge in [0.2, 0.25) is 5.88 Å². The highest BCUT2D eigenvalue weighted by Crippen LogP contribution is 2.28. The van der Waals surface area contributed by atoms with E-state index in [1.807, 2.05) is 36.6 Å². The number of nitro groups is 1. The molecule has 0 spiro atoms. The summed E-state index contributed by atoms with van der Waals surface area (Å²) in [5.74, 6) is -1.71. The molecule has 2 amide bonds. The first-order chi connectivity index (χ1) is 20.0. The fourth-order valence-electron chi connectivity index (χ4n) is 4.46. The van der Waals surface area contributed by atoms with Gasteiger partial charge in [-0.15, -0.1) is 0 Å². The van der Waals surface area contributed by atoms with Gasteiger partial charge in [-0.25, -0.2) is 9.78 Å². The molecule has 12 nitrogen and oxygen atoms in total. The highest BCUT2D eigenvalue weighted by atomic mass is 32.1. The Morgan fingerprint density at radius 3 is 2.31 bits per heavy atom. The van der Waals surface area contributed by atoms with Gasteiger partial charge in [0.15, 0.2) is 5.11 Å². The summed E-state index contributed by atoms with van der Waals surface area (Å²) in [5, 5.41) is 22.4. The Morgan fingerprint density at radius 2 is 1.71 bits per heavy atom. The number of ether oxygens (including phenoxy) is 1. The maximum Gasteiger partial charge on any atom is 0.335 e. The van der Waals surface area contributed by atoms with Crippen LogP contribution in [0.2, 0.25) is 0 Å². The van der Waals surface area contributed by atoms with Gasteiger partial charge in [-0.2, -0.15) is 0 Å². The number of nitrogens with one attached hydrogen (secondary N) is 1. The highest BCUT2D eigenvalue weighted by molar-refractivity contribution is 7.80. The van der Waals surface area contributed by atoms with E-state index in [1.165, 1.54) is 42.5 Å². The topological polar surface area (TPSA) is 157 Å². The summed E-state index contributed by atoms with van der Waals surface area (Å²) >= 11 is 5.23. The van der Waals surface area contributed by atoms with Crippen molar-refractivity contribution in [1.82, 2.24) is 14.9 Å². The third-order valence-electron chi connectivity index (χ3n) is 6.49. The molecule has 0 bridgehead atoms. The average molecular weight is 584 g/mol. The van der Waals surface area contributed by atoms with Gasteiger partial charge in [0.05, 0.1) is 16.2 Å². The van der Waals surface area contributed by atoms with Gasteiger partial charge >= 0.3 is 5.97 Å². The van der Waals surface area contributed by atoms with Crippen LogP contribution in [0.15, 0.2) is 78.5 Å². The van der Waals surface area contributed by atoms with E-state index in [2.05, 4.69) is 10.3 Å². The average Bonchev–Trinajstić information content (AvgIpc) is 3.24. The van der Waals surface area contributed by atoms with Gasteiger partial charge in [0.25, 0.3) is 17.5 Å². The Balaban J connectivity index is 1.40. The normalized spacial score (nSPS) is 14.2. The zero-order valence-corrected chi connectivity index (χ0v) is 22.9. The molecule has 210 valence electrons. The first-order valence-electron chi connectivity index (χ1n) is 12.4. The predicted molar refractivity (Wildman–Crippen MR) is 156 cm³/mol. The minimum Gasteiger partial charge on any atom is -0.478 e. The minimum atomic E-state index is -1.11. The van der Waals surface area contributed by atoms with E-state index in [-0.39, 0.29) is 27.8 Å². The second kappa shape index (κ2) is 11.1. The number of amides is 2. The quantitative estimate of drug-likeness (QED) is 0.103. The molecule has 1 aliphatic heterocycles. The predicted octanol–water partition coefficient (Wildman–Crippen LogP) is 4.72. The summed E-state index contributed by atoms with van der Waals surface area (Å²) in [7, 11) is 0. The molecule has 42 heavy (non-hydrogen) atoms. The van der Waals surface area contributed by atoms with Crippen molar-refractivity contribution < 1.29 is 29.2 Å². The van der Waals surface area contributed by atoms with Crippen molar-refractivity contribution in [2.75, 3.05) is 4.90 Å². The smallest absolute Gasteiger partial charge is 0.335 e. The number of pyridine rings is 1. The molecule has 0 saturated carbocycles. The van der Waals surface area contributed by atoms with Gasteiger partial charge in [-0.1, -0.05) is 0 Å². The van der Waals surface area contributed by atoms with Crippen LogP contribution < -0.4 is 15.0 Å². The molecule has 0 unspecified atom stereocenters. The van der Waals surface area contributed by atoms with Crippen molar-refractivity contribution in [2.45, 2.75) is 13.8 Å². The first-order valence-corrected chi connectivity index (χ1v) is 12.8. The number of rotatable bonds is 7. The number of carboxylic acid groups (broad SMARTS) is 1. The maximum absolute atomic E-state index is 13.4. The number of carboxylic acids is 1. The van der Waals surface area contributed by atoms with E-state index < -0.39 is 22.7 Å². The van der Waals surface area contributed by atoms with E-state index in [0.717, 1.165) is 28.2 Å². The van der Waals surface area contributed by atoms with Crippen LogP contribution in [0.1, 0.15) is 27.3 Å². The van der Waals surface area contributed by atoms with Crippen molar-refractivity contribution in [3.05, 3.63) is 111 Å². The molecule has 2 aromatic heterocycles. The lowest BCUT2D eigenvalue weighted by Crippen LogP contribution is -2.54. The van der Waals surface area contributed by atoms with Crippen molar-refractivity contribution in [3.8, 4) is 17.3 Å². The lowest BCUT2D eigenvalue weighted by Gasteiger charge is -2.29. The number of carbonyl (C=O) groups excluding carboxylic acids is 2. The van der Waals surface area contributed by atoms with Crippen LogP contribution in [0.3, 0.4) is 0 Å². The monoisotopic (exact) mass is 583 g/mol. The second-order valence-electron chi connectivity index (χ2n) is 9.18. The molecule has 4 aromatic rings. The van der Waals surface area contributed by atoms with Gasteiger partial charge < -0.3 is 14.4 Å². The lowest BCUT2D eigenvalue weighted by atomic mass is 10.1. The zero-order chi connectivity index (χ0) is 30.1. The Hall–Kier alpha value is -5.69. The van der Waals surface area contributed by atoms with Gasteiger partial charge in [0.1, 0.15) is 17.5 Å². The molecular weight excluding hydrogens is 562 g/mol. The summed E-state index contributed by atoms with van der Waals surface area (Å²) in [6.45, 7) is 3.73. The number of aryl methyl sites for hydroxylation is 1. The number of hydrogen-bond donors (Lipinski definition) is 2. The summed E-state index contributed by atoms with van der Waals surface area (Å²) in [4.78, 5) is 52.8. The molecule has 0 aliphatic carbocycles. The molecule has 2 N–H and O–H groups in total. The standard InChI is InChI=1S/C29H21N5O7S/c1-16-13-19(14-24-26(35)31-29(42)33(27(24)36)21-5-3-18(4-6-21)28(37)38)17(2)32(16)20-7-10-23(11-8-20)41-25-12-9-22(15-30-25)34(39)40/h3-15H,1-2H3,(H,37,38)(H,31,35,42)/b24-14+. The van der Waals surface area contributed by atoms with Crippen molar-refractivity contribution in [3.63, 3.8) is 0 Å². The molecule has 1 fully saturated rings. The van der Waals surface area contributed by atoms with Crippen LogP contribution in [-0.2, 0) is 9.59 Å². The van der Waals surface area contributed by atoms with Crippen LogP contribution in [0.25, 0.3) is 11.8 Å². The molecule has 0 radical (unpaired) electrons. The zero-order valence-electron chi connectivity index (χ0n) is 22.1. The molecule has 3 heterocycles. The highest BCUT2D eigenvalue weighted by Gasteiger charge is 2.34. The van der Waals surface area contributed by atoms with Crippen LogP contribution in [0.5, 0.6) is 11.6 Å². The number of aromatic nitrogens is 2. The SMILES string of the molecule is Cc1cc(/C=C2\C(=O)NC(=S)N(c3ccc(C(=O)O)cc3)C2=O)c(C)n1-c1ccc(Oc2ccc([N+](=O)[O-])cn2)cc1. The summed E-state index contributed by atoms with van der Waals surface area (Å²) in [6.07, 6.45) is 2.61. The molecule has 5 rings (SSSR count). The van der Waals surface area contributed by atoms with Crippen LogP contribution in [0.4, 0.5) is 11.4 Å². The maximum atomic E-state index is 13.4. The number of anilines is 1. The Morgan fingerprint density at radius 1 is 1.05 bits per heavy atom. The van der Waals surface area contributed by atoms with Gasteiger partial charge in [0, 0.05) is 29.2 Å². The van der Waals surface area contributed by atoms with E-state index in [0.29, 0.717) is 17.0 Å². The number of thiocarbonyl (C=S) groups is 1. The lowest BCUT2D eigenvalue weighted by molar-refractivity contribution is -0.385. The summed E-state index contributed by atoms with van der Waals surface area (Å²) < 4.78 is 7.63. The molecule has 13 heteroatoms. The summed E-state index contributed by atoms with van der Waals surface area (Å²) in [5.41, 5.74) is 3.11. The fourth-order valence-corrected chi connectivity index (χ4v) is 4.74. The van der Waals surface area contributed by atoms with Crippen molar-refractivity contribution in [2.24, 2.45) is 0 Å². The second-order valence-corrected chi connectivity index (χ2v) is 9.57. The number of hydrogen-bond acceptors (Lipinski definition) is 8. The van der Waals surface area contributed by atoms with Crippen LogP contribution in [0, 0.1) is 24.0 Å². The Kier molecular flexibility index (Phi) is 7.34. The number of nitrogens with zero attached hydrogens (tertiary/aromatic N) is 4. The Bertz CT molecular complexity index is 1790. The number of carbonyl (C=O) groups is 3. The van der Waals surface area contributed by atoms with E-state index in [4.69, 9.17) is 22.1 Å². The van der Waals surface area contributed by atoms with E-state index in [9.17, 15) is 24.5 Å². The molecule has 0 atom stereocenters. The molecule has 1 saturated heterocycles. The van der Waals surface area contributed by atoms with Crippen molar-refractivity contribution >= 4 is 52.6 Å². The van der Waals surface area contributed by atoms with Crippen LogP contribution >= 0.6 is 12.2 Å². The van der Waals surface area contributed by atoms with Gasteiger partial charge in [-0.05, 0) is 92.3 Å². The van der Waals surface area contributed by atoms with E-state index in [1.54, 1.807) is 12.1 Å². The van der Waals surface area contributed by atoms with Crippen LogP contribution in [-0.4, -0.2) is 42.5 Å². The third kappa shape index (κ3) is 5.36. The molecule has 1 aliphatic rings. The largest absolute Gasteiger partial charge is 0.478 e. The van der Waals surface area contributed by atoms with E-state index >= 15 is 0 Å². The summed E-state index contributed by atoms with van der Waals surface area (Å²) in [6, 6.07) is 17.2. The fraction of sp³-hybridized carbons (Fsp3) is 0.0690. The minimum absolute atomic E-state index is 0.0453. The Labute approximate surface area is 243 Å². The van der Waals surface area contributed by atoms with Crippen molar-refractivity contribution in [1.29, 1.82) is 0 Å². The first kappa shape index (κ1) is 27.9. The molecular formula is C29H21N5O7S. The molecule has 2 aromatic carbocycles.